The highest BCUT2D eigenvalue weighted by atomic mass is 32.1. The Balaban J connectivity index is 2.02. The predicted molar refractivity (Wildman–Crippen MR) is 61.7 cm³/mol. The number of unbranched alkanes of at least 4 members (excludes halogenated alkanes) is 1. The molecule has 0 atom stereocenters. The van der Waals surface area contributed by atoms with E-state index in [4.69, 9.17) is 0 Å². The summed E-state index contributed by atoms with van der Waals surface area (Å²) < 4.78 is 0. The Morgan fingerprint density at radius 1 is 1.36 bits per heavy atom. The van der Waals surface area contributed by atoms with Gasteiger partial charge in [0.25, 0.3) is 0 Å². The molecule has 0 amide bonds. The second-order valence-corrected chi connectivity index (χ2v) is 4.29. The van der Waals surface area contributed by atoms with Crippen LogP contribution in [0.1, 0.15) is 23.4 Å². The molecule has 0 aliphatic rings. The number of hydrogen-bond acceptors (Lipinski definition) is 4. The Labute approximate surface area is 89.9 Å². The molecule has 80 valence electrons. The zero-order valence-electron chi connectivity index (χ0n) is 8.97. The smallest absolute Gasteiger partial charge is 0.0798 e. The number of hydrogen-bond donors (Lipinski definition) is 2. The summed E-state index contributed by atoms with van der Waals surface area (Å²) >= 11 is 1.73. The van der Waals surface area contributed by atoms with Gasteiger partial charge in [-0.3, -0.25) is 0 Å². The fourth-order valence-corrected chi connectivity index (χ4v) is 2.00. The van der Waals surface area contributed by atoms with Gasteiger partial charge in [0, 0.05) is 11.4 Å². The number of nitrogens with zero attached hydrogens (tertiary/aromatic N) is 1. The summed E-state index contributed by atoms with van der Waals surface area (Å²) in [5.74, 6) is 0. The van der Waals surface area contributed by atoms with Crippen LogP contribution in [0.3, 0.4) is 0 Å². The van der Waals surface area contributed by atoms with Gasteiger partial charge < -0.3 is 10.6 Å². The number of rotatable bonds is 7. The Hall–Kier alpha value is -0.450. The van der Waals surface area contributed by atoms with Gasteiger partial charge in [-0.1, -0.05) is 0 Å². The molecule has 0 aliphatic heterocycles. The minimum Gasteiger partial charge on any atom is -0.320 e. The highest BCUT2D eigenvalue weighted by molar-refractivity contribution is 7.09. The average Bonchev–Trinajstić information content (AvgIpc) is 2.58. The molecule has 0 saturated heterocycles. The predicted octanol–water partition coefficient (Wildman–Crippen LogP) is 1.54. The van der Waals surface area contributed by atoms with E-state index in [2.05, 4.69) is 22.5 Å². The molecule has 0 fully saturated rings. The summed E-state index contributed by atoms with van der Waals surface area (Å²) in [5.41, 5.74) is 3.07. The Kier molecular flexibility index (Phi) is 5.75. The van der Waals surface area contributed by atoms with Crippen LogP contribution in [0.4, 0.5) is 0 Å². The van der Waals surface area contributed by atoms with Gasteiger partial charge in [-0.25, -0.2) is 4.98 Å². The maximum Gasteiger partial charge on any atom is 0.0798 e. The van der Waals surface area contributed by atoms with Crippen molar-refractivity contribution in [2.45, 2.75) is 26.3 Å². The minimum atomic E-state index is 0.968. The van der Waals surface area contributed by atoms with Gasteiger partial charge >= 0.3 is 0 Å². The van der Waals surface area contributed by atoms with Gasteiger partial charge in [0.05, 0.1) is 11.2 Å². The summed E-state index contributed by atoms with van der Waals surface area (Å²) in [6.07, 6.45) is 2.48. The second-order valence-electron chi connectivity index (χ2n) is 3.35. The van der Waals surface area contributed by atoms with Crippen LogP contribution in [-0.2, 0) is 6.54 Å². The quantitative estimate of drug-likeness (QED) is 0.675. The van der Waals surface area contributed by atoms with Crippen molar-refractivity contribution < 1.29 is 0 Å². The van der Waals surface area contributed by atoms with E-state index in [1.165, 1.54) is 17.7 Å². The summed E-state index contributed by atoms with van der Waals surface area (Å²) in [4.78, 5) is 5.57. The Bertz CT molecular complexity index is 247. The largest absolute Gasteiger partial charge is 0.320 e. The third kappa shape index (κ3) is 4.17. The molecular formula is C10H19N3S. The topological polar surface area (TPSA) is 37.0 Å². The SMILES string of the molecule is CNCCCCNCc1scnc1C. The van der Waals surface area contributed by atoms with Gasteiger partial charge in [-0.05, 0) is 39.9 Å². The number of aromatic nitrogens is 1. The van der Waals surface area contributed by atoms with Crippen molar-refractivity contribution in [3.63, 3.8) is 0 Å². The maximum absolute atomic E-state index is 4.21. The molecule has 2 N–H and O–H groups in total. The van der Waals surface area contributed by atoms with Crippen LogP contribution in [0.25, 0.3) is 0 Å². The molecule has 0 spiro atoms. The standard InChI is InChI=1S/C10H19N3S/c1-9-10(14-8-13-9)7-12-6-4-3-5-11-2/h8,11-12H,3-7H2,1-2H3. The first-order valence-corrected chi connectivity index (χ1v) is 5.97. The number of nitrogens with one attached hydrogen (secondary N) is 2. The summed E-state index contributed by atoms with van der Waals surface area (Å²) in [6, 6.07) is 0. The van der Waals surface area contributed by atoms with Crippen molar-refractivity contribution in [2.24, 2.45) is 0 Å². The minimum absolute atomic E-state index is 0.968. The molecule has 0 aliphatic carbocycles. The van der Waals surface area contributed by atoms with E-state index in [0.717, 1.165) is 25.3 Å². The van der Waals surface area contributed by atoms with E-state index in [1.807, 2.05) is 12.6 Å². The van der Waals surface area contributed by atoms with Crippen LogP contribution >= 0.6 is 11.3 Å². The van der Waals surface area contributed by atoms with Gasteiger partial charge in [-0.2, -0.15) is 0 Å². The first-order valence-electron chi connectivity index (χ1n) is 5.09. The first-order chi connectivity index (χ1) is 6.84. The van der Waals surface area contributed by atoms with E-state index in [0.29, 0.717) is 0 Å². The third-order valence-corrected chi connectivity index (χ3v) is 3.10. The molecule has 0 radical (unpaired) electrons. The van der Waals surface area contributed by atoms with Crippen LogP contribution in [0, 0.1) is 6.92 Å². The first kappa shape index (κ1) is 11.6. The molecular weight excluding hydrogens is 194 g/mol. The van der Waals surface area contributed by atoms with Crippen LogP contribution in [0.15, 0.2) is 5.51 Å². The Morgan fingerprint density at radius 3 is 2.79 bits per heavy atom. The zero-order valence-corrected chi connectivity index (χ0v) is 9.78. The lowest BCUT2D eigenvalue weighted by Gasteiger charge is -2.03. The molecule has 1 aromatic rings. The highest BCUT2D eigenvalue weighted by Crippen LogP contribution is 2.10. The number of aryl methyl sites for hydroxylation is 1. The van der Waals surface area contributed by atoms with Gasteiger partial charge in [0.15, 0.2) is 0 Å². The van der Waals surface area contributed by atoms with Crippen LogP contribution in [-0.4, -0.2) is 25.1 Å². The lowest BCUT2D eigenvalue weighted by molar-refractivity contribution is 0.607. The van der Waals surface area contributed by atoms with Crippen molar-refractivity contribution in [1.82, 2.24) is 15.6 Å². The molecule has 0 bridgehead atoms. The molecule has 4 heteroatoms. The molecule has 3 nitrogen and oxygen atoms in total. The summed E-state index contributed by atoms with van der Waals surface area (Å²) in [6.45, 7) is 5.24. The molecule has 1 rings (SSSR count). The van der Waals surface area contributed by atoms with E-state index < -0.39 is 0 Å². The molecule has 0 unspecified atom stereocenters. The summed E-state index contributed by atoms with van der Waals surface area (Å²) in [5, 5.41) is 6.58. The monoisotopic (exact) mass is 213 g/mol. The molecule has 0 aromatic carbocycles. The average molecular weight is 213 g/mol. The fourth-order valence-electron chi connectivity index (χ4n) is 1.25. The normalized spacial score (nSPS) is 10.7. The molecule has 0 saturated carbocycles. The Morgan fingerprint density at radius 2 is 2.14 bits per heavy atom. The van der Waals surface area contributed by atoms with Crippen molar-refractivity contribution in [3.8, 4) is 0 Å². The van der Waals surface area contributed by atoms with Crippen molar-refractivity contribution in [3.05, 3.63) is 16.1 Å². The van der Waals surface area contributed by atoms with Crippen LogP contribution < -0.4 is 10.6 Å². The highest BCUT2D eigenvalue weighted by Gasteiger charge is 1.99. The van der Waals surface area contributed by atoms with Crippen molar-refractivity contribution in [2.75, 3.05) is 20.1 Å². The number of thiazole rings is 1. The van der Waals surface area contributed by atoms with E-state index in [-0.39, 0.29) is 0 Å². The van der Waals surface area contributed by atoms with Crippen LogP contribution in [0.2, 0.25) is 0 Å². The zero-order chi connectivity index (χ0) is 10.2. The fraction of sp³-hybridized carbons (Fsp3) is 0.700. The molecule has 1 aromatic heterocycles. The molecule has 1 heterocycles. The van der Waals surface area contributed by atoms with Crippen LogP contribution in [0.5, 0.6) is 0 Å². The molecule has 14 heavy (non-hydrogen) atoms. The van der Waals surface area contributed by atoms with Crippen molar-refractivity contribution >= 4 is 11.3 Å². The van der Waals surface area contributed by atoms with E-state index in [9.17, 15) is 0 Å². The second kappa shape index (κ2) is 6.92. The lowest BCUT2D eigenvalue weighted by atomic mass is 10.3. The maximum atomic E-state index is 4.21. The van der Waals surface area contributed by atoms with Crippen molar-refractivity contribution in [1.29, 1.82) is 0 Å². The van der Waals surface area contributed by atoms with E-state index in [1.54, 1.807) is 11.3 Å². The van der Waals surface area contributed by atoms with E-state index >= 15 is 0 Å². The van der Waals surface area contributed by atoms with Gasteiger partial charge in [0.1, 0.15) is 0 Å². The van der Waals surface area contributed by atoms with Gasteiger partial charge in [0.2, 0.25) is 0 Å². The summed E-state index contributed by atoms with van der Waals surface area (Å²) in [7, 11) is 1.99. The van der Waals surface area contributed by atoms with Gasteiger partial charge in [-0.15, -0.1) is 11.3 Å². The third-order valence-electron chi connectivity index (χ3n) is 2.16. The lowest BCUT2D eigenvalue weighted by Crippen LogP contribution is -2.16.